The average molecular weight is 343 g/mol. The molecule has 4 nitrogen and oxygen atoms in total. The molecule has 0 bridgehead atoms. The van der Waals surface area contributed by atoms with Crippen LogP contribution in [0.25, 0.3) is 0 Å². The Hall–Kier alpha value is -2.40. The number of aliphatic imine (C=N–C) groups is 1. The predicted molar refractivity (Wildman–Crippen MR) is 99.8 cm³/mol. The van der Waals surface area contributed by atoms with Crippen LogP contribution in [-0.4, -0.2) is 19.1 Å². The van der Waals surface area contributed by atoms with Crippen LogP contribution in [0.3, 0.4) is 0 Å². The summed E-state index contributed by atoms with van der Waals surface area (Å²) in [4.78, 5) is 4.19. The Kier molecular flexibility index (Phi) is 7.41. The molecule has 0 fully saturated rings. The van der Waals surface area contributed by atoms with Gasteiger partial charge < -0.3 is 15.4 Å². The van der Waals surface area contributed by atoms with Crippen molar-refractivity contribution in [3.05, 3.63) is 71.0 Å². The van der Waals surface area contributed by atoms with E-state index < -0.39 is 0 Å². The topological polar surface area (TPSA) is 45.7 Å². The van der Waals surface area contributed by atoms with Gasteiger partial charge in [0.05, 0.1) is 12.7 Å². The van der Waals surface area contributed by atoms with Crippen LogP contribution < -0.4 is 10.6 Å². The zero-order valence-corrected chi connectivity index (χ0v) is 15.1. The summed E-state index contributed by atoms with van der Waals surface area (Å²) in [6.07, 6.45) is 0.230. The number of halogens is 1. The van der Waals surface area contributed by atoms with Gasteiger partial charge in [-0.3, -0.25) is 4.99 Å². The van der Waals surface area contributed by atoms with Crippen molar-refractivity contribution in [2.45, 2.75) is 39.6 Å². The van der Waals surface area contributed by atoms with Crippen molar-refractivity contribution in [3.63, 3.8) is 0 Å². The van der Waals surface area contributed by atoms with Crippen molar-refractivity contribution in [1.82, 2.24) is 10.6 Å². The molecule has 0 aromatic heterocycles. The van der Waals surface area contributed by atoms with Gasteiger partial charge in [-0.2, -0.15) is 0 Å². The molecule has 0 amide bonds. The lowest BCUT2D eigenvalue weighted by atomic mass is 10.1. The molecule has 0 spiro atoms. The lowest BCUT2D eigenvalue weighted by molar-refractivity contribution is 0.0657. The molecule has 2 rings (SSSR count). The van der Waals surface area contributed by atoms with E-state index in [1.165, 1.54) is 12.1 Å². The molecule has 134 valence electrons. The van der Waals surface area contributed by atoms with E-state index in [2.05, 4.69) is 39.9 Å². The fourth-order valence-corrected chi connectivity index (χ4v) is 2.26. The highest BCUT2D eigenvalue weighted by Crippen LogP contribution is 2.07. The molecule has 0 radical (unpaired) electrons. The standard InChI is InChI=1S/C20H26FN3O/c1-15(2)25-14-17-9-7-16(8-10-17)12-23-20(22-3)24-13-18-5-4-6-19(21)11-18/h4-11,15H,12-14H2,1-3H3,(H2,22,23,24). The smallest absolute Gasteiger partial charge is 0.191 e. The van der Waals surface area contributed by atoms with Crippen LogP contribution in [0.5, 0.6) is 0 Å². The van der Waals surface area contributed by atoms with Gasteiger partial charge in [-0.25, -0.2) is 4.39 Å². The summed E-state index contributed by atoms with van der Waals surface area (Å²) < 4.78 is 18.8. The molecule has 2 N–H and O–H groups in total. The van der Waals surface area contributed by atoms with Crippen molar-refractivity contribution in [1.29, 1.82) is 0 Å². The fourth-order valence-electron chi connectivity index (χ4n) is 2.26. The molecule has 5 heteroatoms. The number of guanidine groups is 1. The van der Waals surface area contributed by atoms with Crippen molar-refractivity contribution < 1.29 is 9.13 Å². The highest BCUT2D eigenvalue weighted by Gasteiger charge is 2.01. The molecule has 0 saturated carbocycles. The zero-order chi connectivity index (χ0) is 18.1. The number of benzene rings is 2. The minimum absolute atomic E-state index is 0.230. The molecule has 0 aliphatic carbocycles. The monoisotopic (exact) mass is 343 g/mol. The molecular weight excluding hydrogens is 317 g/mol. The third-order valence-electron chi connectivity index (χ3n) is 3.64. The highest BCUT2D eigenvalue weighted by atomic mass is 19.1. The van der Waals surface area contributed by atoms with Gasteiger partial charge in [0.15, 0.2) is 5.96 Å². The molecule has 0 heterocycles. The van der Waals surface area contributed by atoms with Crippen molar-refractivity contribution in [3.8, 4) is 0 Å². The summed E-state index contributed by atoms with van der Waals surface area (Å²) in [6.45, 7) is 5.86. The molecule has 25 heavy (non-hydrogen) atoms. The minimum atomic E-state index is -0.233. The van der Waals surface area contributed by atoms with E-state index in [4.69, 9.17) is 4.74 Å². The maximum absolute atomic E-state index is 13.2. The molecular formula is C20H26FN3O. The molecule has 0 aliphatic heterocycles. The lowest BCUT2D eigenvalue weighted by Crippen LogP contribution is -2.36. The van der Waals surface area contributed by atoms with E-state index in [0.717, 1.165) is 16.7 Å². The molecule has 0 aliphatic rings. The van der Waals surface area contributed by atoms with Crippen molar-refractivity contribution >= 4 is 5.96 Å². The van der Waals surface area contributed by atoms with Crippen LogP contribution in [0.4, 0.5) is 4.39 Å². The summed E-state index contributed by atoms with van der Waals surface area (Å²) in [5, 5.41) is 6.43. The SMILES string of the molecule is CN=C(NCc1ccc(COC(C)C)cc1)NCc1cccc(F)c1. The van der Waals surface area contributed by atoms with Crippen LogP contribution in [-0.2, 0) is 24.4 Å². The first kappa shape index (κ1) is 18.9. The Bertz CT molecular complexity index is 684. The van der Waals surface area contributed by atoms with Crippen molar-refractivity contribution in [2.24, 2.45) is 4.99 Å². The number of ether oxygens (including phenoxy) is 1. The Balaban J connectivity index is 1.80. The minimum Gasteiger partial charge on any atom is -0.374 e. The maximum Gasteiger partial charge on any atom is 0.191 e. The molecule has 0 atom stereocenters. The first-order valence-electron chi connectivity index (χ1n) is 8.45. The molecule has 0 unspecified atom stereocenters. The van der Waals surface area contributed by atoms with Gasteiger partial charge >= 0.3 is 0 Å². The van der Waals surface area contributed by atoms with Gasteiger partial charge in [-0.05, 0) is 42.7 Å². The van der Waals surface area contributed by atoms with Gasteiger partial charge in [0.2, 0.25) is 0 Å². The van der Waals surface area contributed by atoms with E-state index >= 15 is 0 Å². The van der Waals surface area contributed by atoms with Crippen molar-refractivity contribution in [2.75, 3.05) is 7.05 Å². The van der Waals surface area contributed by atoms with Crippen LogP contribution in [0.15, 0.2) is 53.5 Å². The predicted octanol–water partition coefficient (Wildman–Crippen LogP) is 3.62. The molecule has 0 saturated heterocycles. The van der Waals surface area contributed by atoms with Crippen LogP contribution in [0, 0.1) is 5.82 Å². The zero-order valence-electron chi connectivity index (χ0n) is 15.1. The Morgan fingerprint density at radius 3 is 2.24 bits per heavy atom. The second kappa shape index (κ2) is 9.79. The normalized spacial score (nSPS) is 11.6. The second-order valence-corrected chi connectivity index (χ2v) is 6.09. The van der Waals surface area contributed by atoms with Crippen LogP contribution in [0.2, 0.25) is 0 Å². The summed E-state index contributed by atoms with van der Waals surface area (Å²) in [6, 6.07) is 14.8. The van der Waals surface area contributed by atoms with E-state index in [-0.39, 0.29) is 11.9 Å². The molecule has 2 aromatic rings. The third kappa shape index (κ3) is 6.93. The second-order valence-electron chi connectivity index (χ2n) is 6.09. The van der Waals surface area contributed by atoms with E-state index in [1.54, 1.807) is 13.1 Å². The maximum atomic E-state index is 13.2. The number of nitrogens with one attached hydrogen (secondary N) is 2. The Morgan fingerprint density at radius 2 is 1.64 bits per heavy atom. The first-order chi connectivity index (χ1) is 12.1. The van der Waals surface area contributed by atoms with Crippen LogP contribution >= 0.6 is 0 Å². The highest BCUT2D eigenvalue weighted by molar-refractivity contribution is 5.79. The van der Waals surface area contributed by atoms with Gasteiger partial charge in [0.25, 0.3) is 0 Å². The first-order valence-corrected chi connectivity index (χ1v) is 8.45. The fraction of sp³-hybridized carbons (Fsp3) is 0.350. The summed E-state index contributed by atoms with van der Waals surface area (Å²) in [5.41, 5.74) is 3.19. The van der Waals surface area contributed by atoms with E-state index in [1.807, 2.05) is 19.9 Å². The summed E-state index contributed by atoms with van der Waals surface area (Å²) in [7, 11) is 1.72. The summed E-state index contributed by atoms with van der Waals surface area (Å²) >= 11 is 0. The summed E-state index contributed by atoms with van der Waals surface area (Å²) in [5.74, 6) is 0.445. The number of rotatable bonds is 7. The van der Waals surface area contributed by atoms with Gasteiger partial charge in [-0.15, -0.1) is 0 Å². The van der Waals surface area contributed by atoms with E-state index in [9.17, 15) is 4.39 Å². The third-order valence-corrected chi connectivity index (χ3v) is 3.64. The largest absolute Gasteiger partial charge is 0.374 e. The molecule has 2 aromatic carbocycles. The number of nitrogens with zero attached hydrogens (tertiary/aromatic N) is 1. The average Bonchev–Trinajstić information content (AvgIpc) is 2.61. The van der Waals surface area contributed by atoms with Gasteiger partial charge in [0, 0.05) is 20.1 Å². The lowest BCUT2D eigenvalue weighted by Gasteiger charge is -2.13. The Morgan fingerprint density at radius 1 is 1.00 bits per heavy atom. The van der Waals surface area contributed by atoms with Gasteiger partial charge in [0.1, 0.15) is 5.82 Å². The number of hydrogen-bond acceptors (Lipinski definition) is 2. The number of hydrogen-bond donors (Lipinski definition) is 2. The van der Waals surface area contributed by atoms with Crippen LogP contribution in [0.1, 0.15) is 30.5 Å². The Labute approximate surface area is 149 Å². The van der Waals surface area contributed by atoms with E-state index in [0.29, 0.717) is 25.7 Å². The quantitative estimate of drug-likeness (QED) is 0.596. The van der Waals surface area contributed by atoms with Gasteiger partial charge in [-0.1, -0.05) is 36.4 Å².